The van der Waals surface area contributed by atoms with Gasteiger partial charge in [0, 0.05) is 13.2 Å². The molecule has 0 saturated carbocycles. The fourth-order valence-electron chi connectivity index (χ4n) is 1.49. The molecule has 1 rings (SSSR count). The van der Waals surface area contributed by atoms with E-state index in [1.807, 2.05) is 20.8 Å². The van der Waals surface area contributed by atoms with Crippen LogP contribution in [0.5, 0.6) is 0 Å². The van der Waals surface area contributed by atoms with Crippen molar-refractivity contribution in [3.05, 3.63) is 16.3 Å². The van der Waals surface area contributed by atoms with Crippen molar-refractivity contribution < 1.29 is 5.11 Å². The molecule has 0 fully saturated rings. The van der Waals surface area contributed by atoms with Gasteiger partial charge in [-0.2, -0.15) is 0 Å². The lowest BCUT2D eigenvalue weighted by Crippen LogP contribution is -2.09. The average molecular weight is 258 g/mol. The SMILES string of the molecule is Cc1c(Cl)nnc(NCCCC(C)CO)c1C. The van der Waals surface area contributed by atoms with E-state index >= 15 is 0 Å². The zero-order valence-corrected chi connectivity index (χ0v) is 11.4. The Bertz CT molecular complexity index is 371. The quantitative estimate of drug-likeness (QED) is 0.769. The van der Waals surface area contributed by atoms with Gasteiger partial charge in [0.1, 0.15) is 0 Å². The number of nitrogens with zero attached hydrogens (tertiary/aromatic N) is 2. The summed E-state index contributed by atoms with van der Waals surface area (Å²) < 4.78 is 0. The summed E-state index contributed by atoms with van der Waals surface area (Å²) >= 11 is 5.88. The van der Waals surface area contributed by atoms with Gasteiger partial charge in [0.25, 0.3) is 0 Å². The van der Waals surface area contributed by atoms with Crippen molar-refractivity contribution in [2.24, 2.45) is 5.92 Å². The Morgan fingerprint density at radius 2 is 2.00 bits per heavy atom. The number of halogens is 1. The number of anilines is 1. The molecular weight excluding hydrogens is 238 g/mol. The highest BCUT2D eigenvalue weighted by Crippen LogP contribution is 2.20. The van der Waals surface area contributed by atoms with Gasteiger partial charge in [0.2, 0.25) is 0 Å². The number of aliphatic hydroxyl groups is 1. The number of aromatic nitrogens is 2. The number of aliphatic hydroxyl groups excluding tert-OH is 1. The van der Waals surface area contributed by atoms with Crippen molar-refractivity contribution in [2.75, 3.05) is 18.5 Å². The molecule has 0 aromatic carbocycles. The van der Waals surface area contributed by atoms with Crippen molar-refractivity contribution in [1.82, 2.24) is 10.2 Å². The molecule has 1 aromatic heterocycles. The van der Waals surface area contributed by atoms with Crippen LogP contribution < -0.4 is 5.32 Å². The minimum atomic E-state index is 0.249. The highest BCUT2D eigenvalue weighted by molar-refractivity contribution is 6.30. The predicted molar refractivity (Wildman–Crippen MR) is 70.5 cm³/mol. The van der Waals surface area contributed by atoms with Crippen LogP contribution in [0.2, 0.25) is 5.15 Å². The zero-order chi connectivity index (χ0) is 12.8. The van der Waals surface area contributed by atoms with Crippen LogP contribution in [-0.4, -0.2) is 28.5 Å². The van der Waals surface area contributed by atoms with Crippen LogP contribution in [-0.2, 0) is 0 Å². The van der Waals surface area contributed by atoms with Crippen molar-refractivity contribution >= 4 is 17.4 Å². The molecule has 0 aliphatic rings. The molecule has 0 spiro atoms. The van der Waals surface area contributed by atoms with E-state index in [1.54, 1.807) is 0 Å². The molecule has 0 saturated heterocycles. The molecule has 17 heavy (non-hydrogen) atoms. The number of nitrogens with one attached hydrogen (secondary N) is 1. The molecule has 96 valence electrons. The standard InChI is InChI=1S/C12H20ClN3O/c1-8(7-17)5-4-6-14-12-10(3)9(2)11(13)15-16-12/h8,17H,4-7H2,1-3H3,(H,14,16). The molecule has 1 aromatic rings. The minimum absolute atomic E-state index is 0.249. The Morgan fingerprint density at radius 1 is 1.29 bits per heavy atom. The van der Waals surface area contributed by atoms with Gasteiger partial charge in [-0.15, -0.1) is 10.2 Å². The maximum Gasteiger partial charge on any atom is 0.155 e. The van der Waals surface area contributed by atoms with Crippen molar-refractivity contribution in [3.8, 4) is 0 Å². The second kappa shape index (κ2) is 6.77. The van der Waals surface area contributed by atoms with Gasteiger partial charge in [-0.25, -0.2) is 0 Å². The summed E-state index contributed by atoms with van der Waals surface area (Å²) in [5.41, 5.74) is 2.01. The molecule has 0 radical (unpaired) electrons. The fraction of sp³-hybridized carbons (Fsp3) is 0.667. The maximum atomic E-state index is 8.90. The van der Waals surface area contributed by atoms with Gasteiger partial charge in [-0.1, -0.05) is 18.5 Å². The molecule has 1 atom stereocenters. The molecule has 4 nitrogen and oxygen atoms in total. The summed E-state index contributed by atoms with van der Waals surface area (Å²) in [6, 6.07) is 0. The van der Waals surface area contributed by atoms with E-state index < -0.39 is 0 Å². The van der Waals surface area contributed by atoms with Gasteiger partial charge in [0.15, 0.2) is 11.0 Å². The molecule has 1 unspecified atom stereocenters. The van der Waals surface area contributed by atoms with Crippen LogP contribution in [0.25, 0.3) is 0 Å². The van der Waals surface area contributed by atoms with Crippen LogP contribution in [0, 0.1) is 19.8 Å². The van der Waals surface area contributed by atoms with E-state index in [0.29, 0.717) is 11.1 Å². The van der Waals surface area contributed by atoms with E-state index in [0.717, 1.165) is 36.3 Å². The van der Waals surface area contributed by atoms with Crippen LogP contribution in [0.15, 0.2) is 0 Å². The van der Waals surface area contributed by atoms with Gasteiger partial charge in [-0.05, 0) is 43.7 Å². The van der Waals surface area contributed by atoms with E-state index in [1.165, 1.54) is 0 Å². The van der Waals surface area contributed by atoms with E-state index in [-0.39, 0.29) is 6.61 Å². The monoisotopic (exact) mass is 257 g/mol. The van der Waals surface area contributed by atoms with E-state index in [4.69, 9.17) is 16.7 Å². The maximum absolute atomic E-state index is 8.90. The van der Waals surface area contributed by atoms with Gasteiger partial charge >= 0.3 is 0 Å². The average Bonchev–Trinajstić information content (AvgIpc) is 2.33. The second-order valence-electron chi connectivity index (χ2n) is 4.45. The summed E-state index contributed by atoms with van der Waals surface area (Å²) in [6.45, 7) is 7.04. The molecule has 2 N–H and O–H groups in total. The van der Waals surface area contributed by atoms with Crippen molar-refractivity contribution in [3.63, 3.8) is 0 Å². The molecule has 0 aliphatic carbocycles. The Balaban J connectivity index is 2.45. The highest BCUT2D eigenvalue weighted by atomic mass is 35.5. The third-order valence-electron chi connectivity index (χ3n) is 2.94. The third kappa shape index (κ3) is 4.13. The van der Waals surface area contributed by atoms with Crippen LogP contribution in [0.3, 0.4) is 0 Å². The smallest absolute Gasteiger partial charge is 0.155 e. The van der Waals surface area contributed by atoms with E-state index in [9.17, 15) is 0 Å². The van der Waals surface area contributed by atoms with Gasteiger partial charge in [-0.3, -0.25) is 0 Å². The predicted octanol–water partition coefficient (Wildman–Crippen LogP) is 2.57. The summed E-state index contributed by atoms with van der Waals surface area (Å²) in [5.74, 6) is 1.15. The van der Waals surface area contributed by atoms with Crippen LogP contribution in [0.4, 0.5) is 5.82 Å². The normalized spacial score (nSPS) is 12.5. The lowest BCUT2D eigenvalue weighted by Gasteiger charge is -2.11. The summed E-state index contributed by atoms with van der Waals surface area (Å²) in [4.78, 5) is 0. The molecule has 0 aliphatic heterocycles. The number of hydrogen-bond donors (Lipinski definition) is 2. The van der Waals surface area contributed by atoms with Gasteiger partial charge in [0.05, 0.1) is 0 Å². The Morgan fingerprint density at radius 3 is 2.65 bits per heavy atom. The van der Waals surface area contributed by atoms with Crippen molar-refractivity contribution in [2.45, 2.75) is 33.6 Å². The first-order valence-electron chi connectivity index (χ1n) is 5.90. The zero-order valence-electron chi connectivity index (χ0n) is 10.6. The van der Waals surface area contributed by atoms with Crippen LogP contribution in [0.1, 0.15) is 30.9 Å². The minimum Gasteiger partial charge on any atom is -0.396 e. The summed E-state index contributed by atoms with van der Waals surface area (Å²) in [7, 11) is 0. The lowest BCUT2D eigenvalue weighted by atomic mass is 10.1. The summed E-state index contributed by atoms with van der Waals surface area (Å²) in [5, 5.41) is 20.5. The second-order valence-corrected chi connectivity index (χ2v) is 4.80. The molecule has 0 bridgehead atoms. The molecule has 5 heteroatoms. The molecular formula is C12H20ClN3O. The Labute approximate surface area is 107 Å². The Kier molecular flexibility index (Phi) is 5.65. The van der Waals surface area contributed by atoms with Crippen molar-refractivity contribution in [1.29, 1.82) is 0 Å². The first kappa shape index (κ1) is 14.2. The highest BCUT2D eigenvalue weighted by Gasteiger charge is 2.07. The Hall–Kier alpha value is -0.870. The number of rotatable bonds is 6. The third-order valence-corrected chi connectivity index (χ3v) is 3.30. The van der Waals surface area contributed by atoms with E-state index in [2.05, 4.69) is 15.5 Å². The summed E-state index contributed by atoms with van der Waals surface area (Å²) in [6.07, 6.45) is 2.01. The fourth-order valence-corrected chi connectivity index (χ4v) is 1.67. The topological polar surface area (TPSA) is 58.0 Å². The lowest BCUT2D eigenvalue weighted by molar-refractivity contribution is 0.229. The number of hydrogen-bond acceptors (Lipinski definition) is 4. The molecule has 1 heterocycles. The van der Waals surface area contributed by atoms with Gasteiger partial charge < -0.3 is 10.4 Å². The first-order chi connectivity index (χ1) is 8.06. The largest absolute Gasteiger partial charge is 0.396 e. The van der Waals surface area contributed by atoms with Crippen LogP contribution >= 0.6 is 11.6 Å². The first-order valence-corrected chi connectivity index (χ1v) is 6.28. The molecule has 0 amide bonds.